The van der Waals surface area contributed by atoms with E-state index in [-0.39, 0.29) is 0 Å². The zero-order valence-corrected chi connectivity index (χ0v) is 12.1. The minimum Gasteiger partial charge on any atom is -0.364 e. The molecule has 3 heterocycles. The van der Waals surface area contributed by atoms with Gasteiger partial charge in [0.15, 0.2) is 5.65 Å². The van der Waals surface area contributed by atoms with Crippen LogP contribution in [0.3, 0.4) is 0 Å². The van der Waals surface area contributed by atoms with Gasteiger partial charge in [-0.25, -0.2) is 15.0 Å². The topological polar surface area (TPSA) is 55.1 Å². The number of pyridine rings is 1. The molecule has 0 fully saturated rings. The van der Waals surface area contributed by atoms with Crippen molar-refractivity contribution in [2.75, 3.05) is 5.32 Å². The van der Waals surface area contributed by atoms with Crippen LogP contribution in [0.1, 0.15) is 5.69 Å². The maximum Gasteiger partial charge on any atom is 0.155 e. The Bertz CT molecular complexity index is 727. The van der Waals surface area contributed by atoms with Gasteiger partial charge < -0.3 is 5.32 Å². The molecule has 3 aromatic rings. The largest absolute Gasteiger partial charge is 0.364 e. The van der Waals surface area contributed by atoms with Crippen molar-refractivity contribution in [3.8, 4) is 0 Å². The lowest BCUT2D eigenvalue weighted by molar-refractivity contribution is 0.975. The van der Waals surface area contributed by atoms with Crippen molar-refractivity contribution in [1.82, 2.24) is 19.4 Å². The molecule has 0 radical (unpaired) electrons. The van der Waals surface area contributed by atoms with Crippen LogP contribution in [-0.2, 0) is 6.54 Å². The standard InChI is InChI=1S/C12H9BrClN5/c13-9-7-19-8(5-17-12(19)6-15-9)4-16-11-3-1-2-10(14)18-11/h1-3,5-7H,4H2,(H,16,18). The highest BCUT2D eigenvalue weighted by Gasteiger charge is 2.04. The minimum atomic E-state index is 0.468. The van der Waals surface area contributed by atoms with Crippen molar-refractivity contribution < 1.29 is 0 Å². The lowest BCUT2D eigenvalue weighted by Crippen LogP contribution is -2.04. The Kier molecular flexibility index (Phi) is 3.35. The molecule has 5 nitrogen and oxygen atoms in total. The Balaban J connectivity index is 1.84. The van der Waals surface area contributed by atoms with Gasteiger partial charge in [-0.3, -0.25) is 4.40 Å². The van der Waals surface area contributed by atoms with Crippen LogP contribution in [0.2, 0.25) is 5.15 Å². The molecule has 0 atom stereocenters. The van der Waals surface area contributed by atoms with Crippen molar-refractivity contribution in [2.45, 2.75) is 6.54 Å². The number of anilines is 1. The molecule has 3 aromatic heterocycles. The third-order valence-corrected chi connectivity index (χ3v) is 3.23. The third kappa shape index (κ3) is 2.69. The van der Waals surface area contributed by atoms with Crippen molar-refractivity contribution in [2.24, 2.45) is 0 Å². The minimum absolute atomic E-state index is 0.468. The highest BCUT2D eigenvalue weighted by Crippen LogP contribution is 2.13. The van der Waals surface area contributed by atoms with Crippen LogP contribution < -0.4 is 5.32 Å². The summed E-state index contributed by atoms with van der Waals surface area (Å²) in [4.78, 5) is 12.6. The van der Waals surface area contributed by atoms with Crippen LogP contribution in [0.5, 0.6) is 0 Å². The molecule has 0 spiro atoms. The molecule has 0 aliphatic rings. The van der Waals surface area contributed by atoms with Gasteiger partial charge in [-0.05, 0) is 28.1 Å². The van der Waals surface area contributed by atoms with E-state index in [0.717, 1.165) is 21.8 Å². The zero-order chi connectivity index (χ0) is 13.2. The van der Waals surface area contributed by atoms with Crippen LogP contribution in [-0.4, -0.2) is 19.4 Å². The van der Waals surface area contributed by atoms with E-state index in [4.69, 9.17) is 11.6 Å². The quantitative estimate of drug-likeness (QED) is 0.745. The Morgan fingerprint density at radius 1 is 1.26 bits per heavy atom. The van der Waals surface area contributed by atoms with Crippen LogP contribution >= 0.6 is 27.5 Å². The molecule has 0 aliphatic carbocycles. The van der Waals surface area contributed by atoms with Crippen LogP contribution in [0.4, 0.5) is 5.82 Å². The van der Waals surface area contributed by atoms with E-state index in [0.29, 0.717) is 11.7 Å². The monoisotopic (exact) mass is 337 g/mol. The van der Waals surface area contributed by atoms with Gasteiger partial charge in [0.2, 0.25) is 0 Å². The highest BCUT2D eigenvalue weighted by molar-refractivity contribution is 9.10. The molecule has 0 aromatic carbocycles. The number of hydrogen-bond acceptors (Lipinski definition) is 4. The Morgan fingerprint density at radius 3 is 3.00 bits per heavy atom. The zero-order valence-electron chi connectivity index (χ0n) is 9.72. The lowest BCUT2D eigenvalue weighted by Gasteiger charge is -2.05. The molecule has 0 aliphatic heterocycles. The van der Waals surface area contributed by atoms with Gasteiger partial charge in [-0.1, -0.05) is 17.7 Å². The Hall–Kier alpha value is -1.66. The first-order valence-corrected chi connectivity index (χ1v) is 6.73. The van der Waals surface area contributed by atoms with E-state index in [1.165, 1.54) is 0 Å². The van der Waals surface area contributed by atoms with Gasteiger partial charge in [0, 0.05) is 6.20 Å². The molecule has 3 rings (SSSR count). The summed E-state index contributed by atoms with van der Waals surface area (Å²) in [5, 5.41) is 3.68. The second kappa shape index (κ2) is 5.14. The SMILES string of the molecule is Clc1cccc(NCc2cnc3cnc(Br)cn23)n1. The first kappa shape index (κ1) is 12.4. The molecule has 19 heavy (non-hydrogen) atoms. The highest BCUT2D eigenvalue weighted by atomic mass is 79.9. The van der Waals surface area contributed by atoms with E-state index in [2.05, 4.69) is 36.2 Å². The van der Waals surface area contributed by atoms with Crippen LogP contribution in [0, 0.1) is 0 Å². The number of halogens is 2. The maximum atomic E-state index is 5.84. The molecule has 0 amide bonds. The molecule has 7 heteroatoms. The fourth-order valence-corrected chi connectivity index (χ4v) is 2.21. The number of imidazole rings is 1. The second-order valence-electron chi connectivity index (χ2n) is 3.89. The lowest BCUT2D eigenvalue weighted by atomic mass is 10.4. The molecule has 0 unspecified atom stereocenters. The van der Waals surface area contributed by atoms with Crippen molar-refractivity contribution >= 4 is 39.0 Å². The van der Waals surface area contributed by atoms with Gasteiger partial charge in [0.25, 0.3) is 0 Å². The van der Waals surface area contributed by atoms with Crippen molar-refractivity contribution in [1.29, 1.82) is 0 Å². The average molecular weight is 339 g/mol. The van der Waals surface area contributed by atoms with Gasteiger partial charge >= 0.3 is 0 Å². The Labute approximate surface area is 122 Å². The summed E-state index contributed by atoms with van der Waals surface area (Å²) in [6, 6.07) is 5.46. The predicted octanol–water partition coefficient (Wildman–Crippen LogP) is 3.15. The van der Waals surface area contributed by atoms with Gasteiger partial charge in [0.1, 0.15) is 15.6 Å². The van der Waals surface area contributed by atoms with E-state index in [9.17, 15) is 0 Å². The van der Waals surface area contributed by atoms with E-state index < -0.39 is 0 Å². The van der Waals surface area contributed by atoms with Crippen molar-refractivity contribution in [3.63, 3.8) is 0 Å². The molecule has 0 saturated carbocycles. The second-order valence-corrected chi connectivity index (χ2v) is 5.09. The summed E-state index contributed by atoms with van der Waals surface area (Å²) < 4.78 is 2.73. The summed E-state index contributed by atoms with van der Waals surface area (Å²) in [5.74, 6) is 0.732. The third-order valence-electron chi connectivity index (χ3n) is 2.61. The fourth-order valence-electron chi connectivity index (χ4n) is 1.73. The number of fused-ring (bicyclic) bond motifs is 1. The molecular formula is C12H9BrClN5. The summed E-state index contributed by atoms with van der Waals surface area (Å²) in [5.41, 5.74) is 1.82. The Morgan fingerprint density at radius 2 is 2.16 bits per heavy atom. The summed E-state index contributed by atoms with van der Waals surface area (Å²) in [6.45, 7) is 0.602. The smallest absolute Gasteiger partial charge is 0.155 e. The number of aromatic nitrogens is 4. The van der Waals surface area contributed by atoms with E-state index >= 15 is 0 Å². The number of rotatable bonds is 3. The van der Waals surface area contributed by atoms with Crippen LogP contribution in [0.15, 0.2) is 41.4 Å². The molecule has 0 bridgehead atoms. The molecule has 0 saturated heterocycles. The van der Waals surface area contributed by atoms with Crippen molar-refractivity contribution in [3.05, 3.63) is 52.2 Å². The fraction of sp³-hybridized carbons (Fsp3) is 0.0833. The first-order chi connectivity index (χ1) is 9.22. The molecule has 1 N–H and O–H groups in total. The van der Waals surface area contributed by atoms with Gasteiger partial charge in [-0.2, -0.15) is 0 Å². The number of hydrogen-bond donors (Lipinski definition) is 1. The first-order valence-electron chi connectivity index (χ1n) is 5.56. The number of nitrogens with one attached hydrogen (secondary N) is 1. The summed E-state index contributed by atoms with van der Waals surface area (Å²) in [6.07, 6.45) is 5.40. The maximum absolute atomic E-state index is 5.84. The molecule has 96 valence electrons. The van der Waals surface area contributed by atoms with Gasteiger partial charge in [0.05, 0.1) is 24.6 Å². The molecular weight excluding hydrogens is 330 g/mol. The van der Waals surface area contributed by atoms with E-state index in [1.807, 2.05) is 22.7 Å². The summed E-state index contributed by atoms with van der Waals surface area (Å²) in [7, 11) is 0. The van der Waals surface area contributed by atoms with E-state index in [1.54, 1.807) is 18.5 Å². The van der Waals surface area contributed by atoms with Crippen LogP contribution in [0.25, 0.3) is 5.65 Å². The summed E-state index contributed by atoms with van der Waals surface area (Å²) >= 11 is 9.19. The van der Waals surface area contributed by atoms with Gasteiger partial charge in [-0.15, -0.1) is 0 Å². The average Bonchev–Trinajstić information content (AvgIpc) is 2.79. The predicted molar refractivity (Wildman–Crippen MR) is 77.3 cm³/mol. The number of nitrogens with zero attached hydrogens (tertiary/aromatic N) is 4. The normalized spacial score (nSPS) is 10.8.